The molecule has 1 spiro atoms. The minimum atomic E-state index is -3.95. The van der Waals surface area contributed by atoms with Crippen molar-refractivity contribution in [3.05, 3.63) is 58.1 Å². The zero-order valence-corrected chi connectivity index (χ0v) is 31.5. The first-order valence-corrected chi connectivity index (χ1v) is 21.0. The van der Waals surface area contributed by atoms with Crippen molar-refractivity contribution in [2.45, 2.75) is 93.6 Å². The zero-order chi connectivity index (χ0) is 35.5. The molecule has 1 saturated carbocycles. The molecule has 2 aliphatic carbocycles. The van der Waals surface area contributed by atoms with Crippen molar-refractivity contribution in [1.82, 2.24) is 14.9 Å². The summed E-state index contributed by atoms with van der Waals surface area (Å²) in [6, 6.07) is 11.8. The monoisotopic (exact) mass is 740 g/mol. The van der Waals surface area contributed by atoms with Crippen molar-refractivity contribution in [3.8, 4) is 5.75 Å². The summed E-state index contributed by atoms with van der Waals surface area (Å²) in [6.07, 6.45) is 6.98. The van der Waals surface area contributed by atoms with Crippen LogP contribution in [0.25, 0.3) is 0 Å². The van der Waals surface area contributed by atoms with Gasteiger partial charge in [0, 0.05) is 61.3 Å². The first kappa shape index (κ1) is 35.6. The molecule has 6 aliphatic rings. The number of nitrogens with one attached hydrogen (secondary N) is 2. The summed E-state index contributed by atoms with van der Waals surface area (Å²) in [4.78, 5) is 18.4. The minimum absolute atomic E-state index is 0.0888. The van der Waals surface area contributed by atoms with E-state index in [2.05, 4.69) is 32.0 Å². The third kappa shape index (κ3) is 6.80. The molecule has 2 saturated heterocycles. The van der Waals surface area contributed by atoms with Gasteiger partial charge in [0.05, 0.1) is 35.9 Å². The number of carbonyl (C=O) groups excluding carboxylic acids is 1. The summed E-state index contributed by atoms with van der Waals surface area (Å²) in [5.41, 5.74) is 2.39. The largest absolute Gasteiger partial charge is 0.490 e. The molecule has 8 rings (SSSR count). The second-order valence-corrected chi connectivity index (χ2v) is 19.0. The van der Waals surface area contributed by atoms with Crippen LogP contribution in [0, 0.1) is 17.8 Å². The van der Waals surface area contributed by atoms with Gasteiger partial charge in [0.25, 0.3) is 5.91 Å². The Hall–Kier alpha value is -2.41. The van der Waals surface area contributed by atoms with Gasteiger partial charge in [0.15, 0.2) is 0 Å². The molecule has 2 aromatic carbocycles. The van der Waals surface area contributed by atoms with Crippen molar-refractivity contribution >= 4 is 33.2 Å². The molecule has 12 heteroatoms. The van der Waals surface area contributed by atoms with Crippen LogP contribution >= 0.6 is 11.6 Å². The Kier molecular flexibility index (Phi) is 9.62. The van der Waals surface area contributed by atoms with E-state index in [1.54, 1.807) is 13.0 Å². The molecule has 10 nitrogen and oxygen atoms in total. The van der Waals surface area contributed by atoms with E-state index in [-0.39, 0.29) is 40.9 Å². The topological polar surface area (TPSA) is 120 Å². The van der Waals surface area contributed by atoms with Crippen LogP contribution < -0.4 is 19.7 Å². The number of aryl methyl sites for hydroxylation is 1. The fraction of sp³-hybridized carbons (Fsp3) is 0.667. The highest BCUT2D eigenvalue weighted by Crippen LogP contribution is 2.49. The van der Waals surface area contributed by atoms with Gasteiger partial charge < -0.3 is 24.8 Å². The predicted octanol–water partition coefficient (Wildman–Crippen LogP) is 4.51. The highest BCUT2D eigenvalue weighted by atomic mass is 35.5. The number of rotatable bonds is 2. The summed E-state index contributed by atoms with van der Waals surface area (Å²) >= 11 is 6.48. The number of amides is 1. The fourth-order valence-corrected chi connectivity index (χ4v) is 11.7. The molecule has 2 bridgehead atoms. The van der Waals surface area contributed by atoms with Crippen molar-refractivity contribution in [3.63, 3.8) is 0 Å². The van der Waals surface area contributed by atoms with E-state index in [9.17, 15) is 18.3 Å². The van der Waals surface area contributed by atoms with E-state index >= 15 is 0 Å². The molecule has 8 atom stereocenters. The van der Waals surface area contributed by atoms with Crippen LogP contribution in [-0.2, 0) is 26.6 Å². The number of hydrogen-bond acceptors (Lipinski definition) is 9. The average molecular weight is 741 g/mol. The summed E-state index contributed by atoms with van der Waals surface area (Å²) in [6.45, 7) is 9.29. The number of nitrogens with zero attached hydrogens (tertiary/aromatic N) is 2. The lowest BCUT2D eigenvalue weighted by Gasteiger charge is -2.51. The number of aliphatic hydroxyl groups is 1. The number of β-amino-alcohol motifs (C(OH)–C–C–N with tert-alkyl or cyclic N) is 1. The van der Waals surface area contributed by atoms with Crippen molar-refractivity contribution in [2.75, 3.05) is 57.4 Å². The number of sulfonamides is 1. The Morgan fingerprint density at radius 3 is 2.71 bits per heavy atom. The highest BCUT2D eigenvalue weighted by molar-refractivity contribution is 7.90. The average Bonchev–Trinajstić information content (AvgIpc) is 3.42. The molecule has 278 valence electrons. The van der Waals surface area contributed by atoms with E-state index in [1.165, 1.54) is 11.1 Å². The van der Waals surface area contributed by atoms with Crippen LogP contribution in [0.4, 0.5) is 5.69 Å². The second kappa shape index (κ2) is 13.8. The highest BCUT2D eigenvalue weighted by Gasteiger charge is 2.50. The van der Waals surface area contributed by atoms with Gasteiger partial charge >= 0.3 is 0 Å². The third-order valence-corrected chi connectivity index (χ3v) is 15.5. The number of benzene rings is 2. The summed E-state index contributed by atoms with van der Waals surface area (Å²) < 4.78 is 42.2. The Morgan fingerprint density at radius 1 is 1.04 bits per heavy atom. The van der Waals surface area contributed by atoms with Crippen molar-refractivity contribution in [1.29, 1.82) is 0 Å². The molecule has 1 unspecified atom stereocenters. The van der Waals surface area contributed by atoms with E-state index in [0.29, 0.717) is 57.9 Å². The molecule has 0 radical (unpaired) electrons. The van der Waals surface area contributed by atoms with Crippen LogP contribution in [0.15, 0.2) is 36.4 Å². The van der Waals surface area contributed by atoms with Crippen LogP contribution in [-0.4, -0.2) is 99.8 Å². The molecule has 51 heavy (non-hydrogen) atoms. The molecule has 2 aromatic rings. The summed E-state index contributed by atoms with van der Waals surface area (Å²) in [7, 11) is -3.95. The standard InChI is InChI=1S/C39H53ClN4O6S/c1-25-5-3-14-39(46,23-43-20-33-36(21-43)49-16-15-41-33)32-10-7-29(32)19-44-22-38(13-4-6-27-17-30(40)9-11-31(27)38)24-50-35-12-8-28(18-34(35)44)37(45)42-51(47,48)26(25)2/h8-9,11-12,17-18,25-26,29,32-33,36,41,46H,3-7,10,13-16,19-24H2,1-2H3,(H,42,45)/t25-,26+,29-,32+,33?,36-,38-,39+/m0/s1. The zero-order valence-electron chi connectivity index (χ0n) is 29.9. The third-order valence-electron chi connectivity index (χ3n) is 13.3. The Bertz CT molecular complexity index is 1750. The van der Waals surface area contributed by atoms with E-state index in [4.69, 9.17) is 21.1 Å². The van der Waals surface area contributed by atoms with E-state index in [1.807, 2.05) is 25.1 Å². The molecular formula is C39H53ClN4O6S. The molecule has 0 aromatic heterocycles. The first-order valence-electron chi connectivity index (χ1n) is 19.1. The number of anilines is 1. The van der Waals surface area contributed by atoms with Crippen molar-refractivity contribution in [2.24, 2.45) is 17.8 Å². The summed E-state index contributed by atoms with van der Waals surface area (Å²) in [5.74, 6) is 0.200. The maximum atomic E-state index is 13.6. The van der Waals surface area contributed by atoms with Gasteiger partial charge in [-0.3, -0.25) is 9.69 Å². The fourth-order valence-electron chi connectivity index (χ4n) is 10.2. The first-order chi connectivity index (χ1) is 24.4. The molecule has 1 amide bonds. The number of halogens is 1. The van der Waals surface area contributed by atoms with Crippen LogP contribution in [0.3, 0.4) is 0 Å². The maximum Gasteiger partial charge on any atom is 0.264 e. The van der Waals surface area contributed by atoms with Crippen LogP contribution in [0.5, 0.6) is 5.75 Å². The van der Waals surface area contributed by atoms with E-state index < -0.39 is 26.8 Å². The normalized spacial score (nSPS) is 36.9. The lowest BCUT2D eigenvalue weighted by Crippen LogP contribution is -2.57. The number of ether oxygens (including phenoxy) is 2. The number of hydrogen-bond donors (Lipinski definition) is 3. The van der Waals surface area contributed by atoms with E-state index in [0.717, 1.165) is 62.4 Å². The lowest BCUT2D eigenvalue weighted by atomic mass is 9.62. The second-order valence-electron chi connectivity index (χ2n) is 16.5. The summed E-state index contributed by atoms with van der Waals surface area (Å²) in [5, 5.41) is 16.4. The van der Waals surface area contributed by atoms with Crippen molar-refractivity contribution < 1.29 is 27.8 Å². The van der Waals surface area contributed by atoms with Gasteiger partial charge in [-0.15, -0.1) is 0 Å². The Balaban J connectivity index is 1.17. The molecule has 3 fully saturated rings. The van der Waals surface area contributed by atoms with Crippen LogP contribution in [0.1, 0.15) is 80.3 Å². The van der Waals surface area contributed by atoms with Gasteiger partial charge in [0.1, 0.15) is 5.75 Å². The Labute approximate surface area is 307 Å². The van der Waals surface area contributed by atoms with Gasteiger partial charge in [-0.1, -0.05) is 31.0 Å². The maximum absolute atomic E-state index is 13.6. The van der Waals surface area contributed by atoms with Gasteiger partial charge in [-0.2, -0.15) is 0 Å². The molecular weight excluding hydrogens is 688 g/mol. The molecule has 3 N–H and O–H groups in total. The Morgan fingerprint density at radius 2 is 1.90 bits per heavy atom. The SMILES string of the molecule is C[C@@H]1[C@@H](C)CCC[C@@](O)(CN2CC3NCCO[C@H]3C2)[C@@H]2CC[C@H]2CN2C[C@@]3(CCCc4cc(Cl)ccc43)COc3ccc(cc32)C(=O)NS1(=O)=O. The van der Waals surface area contributed by atoms with Gasteiger partial charge in [0.2, 0.25) is 10.0 Å². The molecule has 4 heterocycles. The molecule has 4 aliphatic heterocycles. The van der Waals surface area contributed by atoms with Crippen LogP contribution in [0.2, 0.25) is 5.02 Å². The number of fused-ring (bicyclic) bond motifs is 5. The van der Waals surface area contributed by atoms with Gasteiger partial charge in [-0.25, -0.2) is 13.1 Å². The minimum Gasteiger partial charge on any atom is -0.490 e. The number of morpholine rings is 1. The lowest BCUT2D eigenvalue weighted by molar-refractivity contribution is -0.104. The van der Waals surface area contributed by atoms with Gasteiger partial charge in [-0.05, 0) is 111 Å². The number of likely N-dealkylation sites (tertiary alicyclic amines) is 1. The number of carbonyl (C=O) groups is 1. The smallest absolute Gasteiger partial charge is 0.264 e. The quantitative estimate of drug-likeness (QED) is 0.409. The predicted molar refractivity (Wildman–Crippen MR) is 198 cm³/mol.